The van der Waals surface area contributed by atoms with Crippen LogP contribution >= 0.6 is 0 Å². The summed E-state index contributed by atoms with van der Waals surface area (Å²) in [6.45, 7) is 1.61. The fourth-order valence-corrected chi connectivity index (χ4v) is 2.72. The van der Waals surface area contributed by atoms with Crippen LogP contribution in [0.1, 0.15) is 19.3 Å². The number of likely N-dealkylation sites (tertiary alicyclic amines) is 1. The van der Waals surface area contributed by atoms with Gasteiger partial charge in [-0.25, -0.2) is 0 Å². The van der Waals surface area contributed by atoms with Gasteiger partial charge in [0.15, 0.2) is 0 Å². The van der Waals surface area contributed by atoms with Gasteiger partial charge in [-0.2, -0.15) is 0 Å². The Morgan fingerprint density at radius 1 is 1.43 bits per heavy atom. The largest absolute Gasteiger partial charge is 0.340 e. The second-order valence-corrected chi connectivity index (χ2v) is 4.89. The Balaban J connectivity index is 1.59. The molecule has 0 bridgehead atoms. The summed E-state index contributed by atoms with van der Waals surface area (Å²) < 4.78 is 0. The standard InChI is InChI=1S/C10H17N3O/c11-7-1-2-13(5-7)10(14)9-4-6-3-8(6)12-9/h6-9,12H,1-5,11H2/t6-,7?,8-,9+/m1/s1. The fourth-order valence-electron chi connectivity index (χ4n) is 2.72. The zero-order valence-electron chi connectivity index (χ0n) is 8.28. The van der Waals surface area contributed by atoms with E-state index in [0.29, 0.717) is 6.04 Å². The highest BCUT2D eigenvalue weighted by Crippen LogP contribution is 2.41. The van der Waals surface area contributed by atoms with Gasteiger partial charge in [0.1, 0.15) is 0 Å². The summed E-state index contributed by atoms with van der Waals surface area (Å²) in [5, 5.41) is 3.39. The average molecular weight is 195 g/mol. The molecule has 0 radical (unpaired) electrons. The van der Waals surface area contributed by atoms with Crippen molar-refractivity contribution < 1.29 is 4.79 Å². The molecule has 78 valence electrons. The number of hydrogen-bond acceptors (Lipinski definition) is 3. The van der Waals surface area contributed by atoms with Gasteiger partial charge in [0.25, 0.3) is 0 Å². The van der Waals surface area contributed by atoms with Crippen LogP contribution in [0, 0.1) is 5.92 Å². The topological polar surface area (TPSA) is 58.4 Å². The Bertz CT molecular complexity index is 249. The lowest BCUT2D eigenvalue weighted by Crippen LogP contribution is -2.44. The SMILES string of the molecule is NC1CCN(C(=O)[C@@H]2C[C@H]3C[C@H]3N2)C1. The van der Waals surface area contributed by atoms with Gasteiger partial charge < -0.3 is 16.0 Å². The van der Waals surface area contributed by atoms with Crippen molar-refractivity contribution in [2.45, 2.75) is 37.4 Å². The van der Waals surface area contributed by atoms with Crippen molar-refractivity contribution in [3.63, 3.8) is 0 Å². The summed E-state index contributed by atoms with van der Waals surface area (Å²) >= 11 is 0. The number of amides is 1. The van der Waals surface area contributed by atoms with Crippen molar-refractivity contribution in [3.05, 3.63) is 0 Å². The number of nitrogens with zero attached hydrogens (tertiary/aromatic N) is 1. The van der Waals surface area contributed by atoms with Gasteiger partial charge >= 0.3 is 0 Å². The number of piperidine rings is 1. The molecule has 1 amide bonds. The summed E-state index contributed by atoms with van der Waals surface area (Å²) in [5.74, 6) is 1.07. The van der Waals surface area contributed by atoms with Gasteiger partial charge in [-0.15, -0.1) is 0 Å². The van der Waals surface area contributed by atoms with Crippen molar-refractivity contribution in [2.75, 3.05) is 13.1 Å². The Morgan fingerprint density at radius 3 is 2.86 bits per heavy atom. The van der Waals surface area contributed by atoms with Crippen LogP contribution in [0.25, 0.3) is 0 Å². The van der Waals surface area contributed by atoms with E-state index in [9.17, 15) is 4.79 Å². The molecule has 0 aromatic rings. The molecule has 4 nitrogen and oxygen atoms in total. The highest BCUT2D eigenvalue weighted by Gasteiger charge is 2.48. The van der Waals surface area contributed by atoms with Crippen LogP contribution in [-0.2, 0) is 4.79 Å². The summed E-state index contributed by atoms with van der Waals surface area (Å²) in [4.78, 5) is 13.9. The third kappa shape index (κ3) is 1.33. The first-order valence-electron chi connectivity index (χ1n) is 5.54. The summed E-state index contributed by atoms with van der Waals surface area (Å²) in [6.07, 6.45) is 3.30. The molecule has 2 saturated heterocycles. The molecular formula is C10H17N3O. The normalized spacial score (nSPS) is 45.4. The number of hydrogen-bond donors (Lipinski definition) is 2. The monoisotopic (exact) mass is 195 g/mol. The highest BCUT2D eigenvalue weighted by molar-refractivity contribution is 5.83. The molecule has 1 saturated carbocycles. The third-order valence-corrected chi connectivity index (χ3v) is 3.71. The zero-order chi connectivity index (χ0) is 9.71. The minimum Gasteiger partial charge on any atom is -0.340 e. The summed E-state index contributed by atoms with van der Waals surface area (Å²) in [6, 6.07) is 0.958. The van der Waals surface area contributed by atoms with Crippen LogP contribution in [0.3, 0.4) is 0 Å². The molecule has 3 aliphatic rings. The van der Waals surface area contributed by atoms with Gasteiger partial charge in [-0.3, -0.25) is 4.79 Å². The Morgan fingerprint density at radius 2 is 2.29 bits per heavy atom. The van der Waals surface area contributed by atoms with Crippen LogP contribution in [0.5, 0.6) is 0 Å². The molecule has 0 aromatic carbocycles. The van der Waals surface area contributed by atoms with Crippen molar-refractivity contribution >= 4 is 5.91 Å². The first kappa shape index (κ1) is 8.68. The minimum atomic E-state index is 0.101. The number of carbonyl (C=O) groups excluding carboxylic acids is 1. The van der Waals surface area contributed by atoms with E-state index in [-0.39, 0.29) is 18.0 Å². The number of rotatable bonds is 1. The maximum Gasteiger partial charge on any atom is 0.239 e. The lowest BCUT2D eigenvalue weighted by Gasteiger charge is -2.21. The third-order valence-electron chi connectivity index (χ3n) is 3.71. The maximum absolute atomic E-state index is 12.0. The van der Waals surface area contributed by atoms with E-state index in [1.54, 1.807) is 0 Å². The first-order valence-corrected chi connectivity index (χ1v) is 5.54. The van der Waals surface area contributed by atoms with E-state index in [0.717, 1.165) is 31.8 Å². The quantitative estimate of drug-likeness (QED) is 0.581. The lowest BCUT2D eigenvalue weighted by molar-refractivity contribution is -0.132. The van der Waals surface area contributed by atoms with Crippen molar-refractivity contribution in [3.8, 4) is 0 Å². The molecule has 4 heteroatoms. The number of carbonyl (C=O) groups is 1. The molecular weight excluding hydrogens is 178 g/mol. The smallest absolute Gasteiger partial charge is 0.239 e. The van der Waals surface area contributed by atoms with Crippen LogP contribution in [-0.4, -0.2) is 42.0 Å². The van der Waals surface area contributed by atoms with Gasteiger partial charge in [-0.05, 0) is 25.2 Å². The van der Waals surface area contributed by atoms with E-state index < -0.39 is 0 Å². The van der Waals surface area contributed by atoms with E-state index in [2.05, 4.69) is 5.32 Å². The summed E-state index contributed by atoms with van der Waals surface area (Å²) in [5.41, 5.74) is 5.78. The molecule has 14 heavy (non-hydrogen) atoms. The van der Waals surface area contributed by atoms with Crippen molar-refractivity contribution in [1.82, 2.24) is 10.2 Å². The Labute approximate surface area is 83.8 Å². The van der Waals surface area contributed by atoms with Crippen LogP contribution < -0.4 is 11.1 Å². The molecule has 0 spiro atoms. The van der Waals surface area contributed by atoms with E-state index in [1.165, 1.54) is 6.42 Å². The minimum absolute atomic E-state index is 0.101. The molecule has 3 rings (SSSR count). The predicted molar refractivity (Wildman–Crippen MR) is 52.6 cm³/mol. The number of nitrogens with one attached hydrogen (secondary N) is 1. The summed E-state index contributed by atoms with van der Waals surface area (Å²) in [7, 11) is 0. The van der Waals surface area contributed by atoms with Gasteiger partial charge in [0, 0.05) is 25.2 Å². The molecule has 3 fully saturated rings. The molecule has 1 unspecified atom stereocenters. The van der Waals surface area contributed by atoms with Gasteiger partial charge in [0.2, 0.25) is 5.91 Å². The van der Waals surface area contributed by atoms with Crippen LogP contribution in [0.4, 0.5) is 0 Å². The van der Waals surface area contributed by atoms with E-state index in [4.69, 9.17) is 5.73 Å². The molecule has 3 N–H and O–H groups in total. The maximum atomic E-state index is 12.0. The Kier molecular flexibility index (Phi) is 1.82. The molecule has 2 aliphatic heterocycles. The fraction of sp³-hybridized carbons (Fsp3) is 0.900. The van der Waals surface area contributed by atoms with Gasteiger partial charge in [0.05, 0.1) is 6.04 Å². The molecule has 0 aromatic heterocycles. The Hall–Kier alpha value is -0.610. The van der Waals surface area contributed by atoms with Crippen LogP contribution in [0.2, 0.25) is 0 Å². The molecule has 4 atom stereocenters. The van der Waals surface area contributed by atoms with E-state index in [1.807, 2.05) is 4.90 Å². The highest BCUT2D eigenvalue weighted by atomic mass is 16.2. The average Bonchev–Trinajstić information content (AvgIpc) is 2.64. The van der Waals surface area contributed by atoms with E-state index >= 15 is 0 Å². The first-order chi connectivity index (χ1) is 6.74. The predicted octanol–water partition coefficient (Wildman–Crippen LogP) is -0.704. The van der Waals surface area contributed by atoms with Crippen molar-refractivity contribution in [1.29, 1.82) is 0 Å². The van der Waals surface area contributed by atoms with Crippen molar-refractivity contribution in [2.24, 2.45) is 11.7 Å². The number of nitrogens with two attached hydrogens (primary N) is 1. The molecule has 1 aliphatic carbocycles. The van der Waals surface area contributed by atoms with Crippen LogP contribution in [0.15, 0.2) is 0 Å². The second-order valence-electron chi connectivity index (χ2n) is 4.89. The zero-order valence-corrected chi connectivity index (χ0v) is 8.28. The number of fused-ring (bicyclic) bond motifs is 1. The van der Waals surface area contributed by atoms with Gasteiger partial charge in [-0.1, -0.05) is 0 Å². The second kappa shape index (κ2) is 2.94. The lowest BCUT2D eigenvalue weighted by atomic mass is 10.1. The molecule has 2 heterocycles.